The lowest BCUT2D eigenvalue weighted by Gasteiger charge is -2.10. The molecule has 0 aliphatic carbocycles. The molecule has 80 valence electrons. The van der Waals surface area contributed by atoms with Crippen LogP contribution in [-0.4, -0.2) is 19.2 Å². The molecule has 2 nitrogen and oxygen atoms in total. The number of nitrogens with one attached hydrogen (secondary N) is 1. The van der Waals surface area contributed by atoms with Gasteiger partial charge in [0.15, 0.2) is 0 Å². The lowest BCUT2D eigenvalue weighted by Crippen LogP contribution is -2.28. The maximum absolute atomic E-state index is 5.52. The maximum Gasteiger partial charge on any atom is 0.0809 e. The summed E-state index contributed by atoms with van der Waals surface area (Å²) in [7, 11) is 0. The van der Waals surface area contributed by atoms with Crippen LogP contribution in [0.2, 0.25) is 0 Å². The van der Waals surface area contributed by atoms with Gasteiger partial charge in [-0.3, -0.25) is 0 Å². The molecule has 1 N–H and O–H groups in total. The summed E-state index contributed by atoms with van der Waals surface area (Å²) >= 11 is 1.75. The van der Waals surface area contributed by atoms with E-state index in [9.17, 15) is 0 Å². The molecular weight excluding hydrogens is 194 g/mol. The van der Waals surface area contributed by atoms with Gasteiger partial charge in [0, 0.05) is 17.5 Å². The van der Waals surface area contributed by atoms with Gasteiger partial charge in [-0.15, -0.1) is 11.3 Å². The van der Waals surface area contributed by atoms with Gasteiger partial charge in [0.25, 0.3) is 0 Å². The fourth-order valence-electron chi connectivity index (χ4n) is 1.09. The highest BCUT2D eigenvalue weighted by atomic mass is 32.1. The molecule has 0 bridgehead atoms. The molecule has 0 amide bonds. The SMILES string of the molecule is CCC(C)NCCOCc1cccs1. The molecular formula is C11H19NOS. The van der Waals surface area contributed by atoms with E-state index in [-0.39, 0.29) is 0 Å². The van der Waals surface area contributed by atoms with Gasteiger partial charge in [0.2, 0.25) is 0 Å². The Kier molecular flexibility index (Phi) is 5.83. The topological polar surface area (TPSA) is 21.3 Å². The number of thiophene rings is 1. The minimum absolute atomic E-state index is 0.598. The molecule has 0 radical (unpaired) electrons. The molecule has 0 spiro atoms. The molecule has 0 saturated heterocycles. The molecule has 0 saturated carbocycles. The summed E-state index contributed by atoms with van der Waals surface area (Å²) in [6.45, 7) is 6.87. The van der Waals surface area contributed by atoms with Gasteiger partial charge in [-0.05, 0) is 24.8 Å². The normalized spacial score (nSPS) is 13.0. The van der Waals surface area contributed by atoms with Gasteiger partial charge in [-0.2, -0.15) is 0 Å². The van der Waals surface area contributed by atoms with Gasteiger partial charge < -0.3 is 10.1 Å². The summed E-state index contributed by atoms with van der Waals surface area (Å²) in [6, 6.07) is 4.76. The van der Waals surface area contributed by atoms with Crippen LogP contribution in [0.5, 0.6) is 0 Å². The first-order valence-corrected chi connectivity index (χ1v) is 6.04. The highest BCUT2D eigenvalue weighted by Gasteiger charge is 1.96. The van der Waals surface area contributed by atoms with Crippen molar-refractivity contribution < 1.29 is 4.74 Å². The van der Waals surface area contributed by atoms with E-state index in [2.05, 4.69) is 36.7 Å². The van der Waals surface area contributed by atoms with Crippen LogP contribution in [0.4, 0.5) is 0 Å². The van der Waals surface area contributed by atoms with Crippen molar-refractivity contribution >= 4 is 11.3 Å². The molecule has 1 aromatic heterocycles. The zero-order valence-electron chi connectivity index (χ0n) is 8.95. The van der Waals surface area contributed by atoms with Gasteiger partial charge in [-0.25, -0.2) is 0 Å². The quantitative estimate of drug-likeness (QED) is 0.703. The summed E-state index contributed by atoms with van der Waals surface area (Å²) in [5, 5.41) is 5.47. The van der Waals surface area contributed by atoms with Crippen LogP contribution < -0.4 is 5.32 Å². The van der Waals surface area contributed by atoms with Crippen LogP contribution in [0.25, 0.3) is 0 Å². The Hall–Kier alpha value is -0.380. The zero-order valence-corrected chi connectivity index (χ0v) is 9.77. The first-order valence-electron chi connectivity index (χ1n) is 5.16. The fraction of sp³-hybridized carbons (Fsp3) is 0.636. The molecule has 0 aliphatic rings. The number of hydrogen-bond acceptors (Lipinski definition) is 3. The predicted molar refractivity (Wildman–Crippen MR) is 61.7 cm³/mol. The average molecular weight is 213 g/mol. The Morgan fingerprint density at radius 3 is 3.07 bits per heavy atom. The first kappa shape index (κ1) is 11.7. The second-order valence-electron chi connectivity index (χ2n) is 3.40. The second kappa shape index (κ2) is 6.98. The molecule has 3 heteroatoms. The smallest absolute Gasteiger partial charge is 0.0809 e. The van der Waals surface area contributed by atoms with Crippen LogP contribution in [-0.2, 0) is 11.3 Å². The predicted octanol–water partition coefficient (Wildman–Crippen LogP) is 2.65. The maximum atomic E-state index is 5.52. The van der Waals surface area contributed by atoms with Gasteiger partial charge in [-0.1, -0.05) is 13.0 Å². The van der Waals surface area contributed by atoms with Crippen molar-refractivity contribution in [2.75, 3.05) is 13.2 Å². The zero-order chi connectivity index (χ0) is 10.2. The van der Waals surface area contributed by atoms with E-state index in [4.69, 9.17) is 4.74 Å². The molecule has 0 aromatic carbocycles. The van der Waals surface area contributed by atoms with E-state index in [0.29, 0.717) is 6.04 Å². The van der Waals surface area contributed by atoms with Crippen molar-refractivity contribution in [1.29, 1.82) is 0 Å². The number of rotatable bonds is 7. The van der Waals surface area contributed by atoms with Crippen molar-refractivity contribution in [3.8, 4) is 0 Å². The van der Waals surface area contributed by atoms with E-state index in [1.165, 1.54) is 11.3 Å². The van der Waals surface area contributed by atoms with E-state index in [0.717, 1.165) is 19.8 Å². The Bertz CT molecular complexity index is 223. The minimum Gasteiger partial charge on any atom is -0.375 e. The average Bonchev–Trinajstić information content (AvgIpc) is 2.69. The largest absolute Gasteiger partial charge is 0.375 e. The van der Waals surface area contributed by atoms with Crippen molar-refractivity contribution in [3.05, 3.63) is 22.4 Å². The van der Waals surface area contributed by atoms with Gasteiger partial charge in [0.05, 0.1) is 13.2 Å². The third-order valence-electron chi connectivity index (χ3n) is 2.18. The Morgan fingerprint density at radius 2 is 2.43 bits per heavy atom. The Labute approximate surface area is 90.3 Å². The van der Waals surface area contributed by atoms with E-state index in [1.807, 2.05) is 0 Å². The summed E-state index contributed by atoms with van der Waals surface area (Å²) in [5.41, 5.74) is 0. The van der Waals surface area contributed by atoms with Crippen LogP contribution in [0.1, 0.15) is 25.1 Å². The number of ether oxygens (including phenoxy) is 1. The lowest BCUT2D eigenvalue weighted by atomic mass is 10.3. The van der Waals surface area contributed by atoms with E-state index in [1.54, 1.807) is 11.3 Å². The lowest BCUT2D eigenvalue weighted by molar-refractivity contribution is 0.123. The highest BCUT2D eigenvalue weighted by Crippen LogP contribution is 2.08. The van der Waals surface area contributed by atoms with Crippen molar-refractivity contribution in [2.24, 2.45) is 0 Å². The van der Waals surface area contributed by atoms with Gasteiger partial charge in [0.1, 0.15) is 0 Å². The second-order valence-corrected chi connectivity index (χ2v) is 4.43. The van der Waals surface area contributed by atoms with Crippen molar-refractivity contribution in [1.82, 2.24) is 5.32 Å². The van der Waals surface area contributed by atoms with Crippen molar-refractivity contribution in [2.45, 2.75) is 32.9 Å². The molecule has 1 rings (SSSR count). The minimum atomic E-state index is 0.598. The molecule has 1 atom stereocenters. The van der Waals surface area contributed by atoms with Crippen LogP contribution in [0.3, 0.4) is 0 Å². The summed E-state index contributed by atoms with van der Waals surface area (Å²) in [5.74, 6) is 0. The van der Waals surface area contributed by atoms with E-state index < -0.39 is 0 Å². The molecule has 0 fully saturated rings. The molecule has 14 heavy (non-hydrogen) atoms. The monoisotopic (exact) mass is 213 g/mol. The third-order valence-corrected chi connectivity index (χ3v) is 3.03. The third kappa shape index (κ3) is 4.74. The first-order chi connectivity index (χ1) is 6.83. The molecule has 1 heterocycles. The van der Waals surface area contributed by atoms with Crippen LogP contribution in [0, 0.1) is 0 Å². The standard InChI is InChI=1S/C11H19NOS/c1-3-10(2)12-6-7-13-9-11-5-4-8-14-11/h4-5,8,10,12H,3,6-7,9H2,1-2H3. The molecule has 1 unspecified atom stereocenters. The summed E-state index contributed by atoms with van der Waals surface area (Å²) in [4.78, 5) is 1.30. The van der Waals surface area contributed by atoms with Crippen molar-refractivity contribution in [3.63, 3.8) is 0 Å². The Morgan fingerprint density at radius 1 is 1.57 bits per heavy atom. The molecule has 1 aromatic rings. The van der Waals surface area contributed by atoms with Crippen LogP contribution in [0.15, 0.2) is 17.5 Å². The fourth-order valence-corrected chi connectivity index (χ4v) is 1.73. The number of hydrogen-bond donors (Lipinski definition) is 1. The highest BCUT2D eigenvalue weighted by molar-refractivity contribution is 7.09. The Balaban J connectivity index is 1.95. The summed E-state index contributed by atoms with van der Waals surface area (Å²) < 4.78 is 5.52. The molecule has 0 aliphatic heterocycles. The van der Waals surface area contributed by atoms with Gasteiger partial charge >= 0.3 is 0 Å². The van der Waals surface area contributed by atoms with E-state index >= 15 is 0 Å². The van der Waals surface area contributed by atoms with Crippen LogP contribution >= 0.6 is 11.3 Å². The summed E-state index contributed by atoms with van der Waals surface area (Å²) in [6.07, 6.45) is 1.17.